The van der Waals surface area contributed by atoms with Gasteiger partial charge in [-0.2, -0.15) is 4.98 Å². The Morgan fingerprint density at radius 2 is 2.00 bits per heavy atom. The van der Waals surface area contributed by atoms with Gasteiger partial charge in [0, 0.05) is 6.26 Å². The van der Waals surface area contributed by atoms with Crippen molar-refractivity contribution in [1.82, 2.24) is 10.1 Å². The van der Waals surface area contributed by atoms with Crippen LogP contribution < -0.4 is 0 Å². The van der Waals surface area contributed by atoms with E-state index in [-0.39, 0.29) is 28.8 Å². The van der Waals surface area contributed by atoms with Gasteiger partial charge >= 0.3 is 0 Å². The molecule has 1 atom stereocenters. The van der Waals surface area contributed by atoms with Crippen molar-refractivity contribution in [2.45, 2.75) is 12.2 Å². The first-order valence-corrected chi connectivity index (χ1v) is 7.29. The van der Waals surface area contributed by atoms with Gasteiger partial charge in [0.1, 0.15) is 16.7 Å². The van der Waals surface area contributed by atoms with Crippen LogP contribution >= 0.6 is 0 Å². The van der Waals surface area contributed by atoms with Gasteiger partial charge in [0.05, 0.1) is 5.56 Å². The fourth-order valence-corrected chi connectivity index (χ4v) is 1.87. The quantitative estimate of drug-likeness (QED) is 0.815. The number of benzene rings is 1. The first kappa shape index (κ1) is 13.3. The highest BCUT2D eigenvalue weighted by atomic mass is 32.2. The fourth-order valence-electron chi connectivity index (χ4n) is 1.40. The third-order valence-corrected chi connectivity index (χ3v) is 4.15. The minimum absolute atomic E-state index is 0.000225. The number of aromatic hydroxyl groups is 2. The topological polar surface area (TPSA) is 114 Å². The predicted octanol–water partition coefficient (Wildman–Crippen LogP) is 1.25. The lowest BCUT2D eigenvalue weighted by Crippen LogP contribution is -2.09. The Balaban J connectivity index is 2.44. The van der Waals surface area contributed by atoms with Crippen LogP contribution in [0.15, 0.2) is 22.7 Å². The molecule has 1 aromatic carbocycles. The number of nitrogens with zero attached hydrogens (tertiary/aromatic N) is 2. The summed E-state index contributed by atoms with van der Waals surface area (Å²) in [6, 6.07) is 3.82. The summed E-state index contributed by atoms with van der Waals surface area (Å²) in [6.45, 7) is 1.44. The molecule has 1 heterocycles. The van der Waals surface area contributed by atoms with E-state index in [1.54, 1.807) is 0 Å². The van der Waals surface area contributed by atoms with Crippen molar-refractivity contribution >= 4 is 9.84 Å². The van der Waals surface area contributed by atoms with Gasteiger partial charge in [-0.15, -0.1) is 0 Å². The highest BCUT2D eigenvalue weighted by Gasteiger charge is 2.24. The maximum atomic E-state index is 11.4. The van der Waals surface area contributed by atoms with Crippen molar-refractivity contribution < 1.29 is 23.2 Å². The molecule has 0 bridgehead atoms. The number of hydrogen-bond acceptors (Lipinski definition) is 7. The van der Waals surface area contributed by atoms with Gasteiger partial charge in [-0.1, -0.05) is 5.16 Å². The zero-order valence-corrected chi connectivity index (χ0v) is 11.0. The van der Waals surface area contributed by atoms with Crippen LogP contribution in [-0.2, 0) is 9.84 Å². The van der Waals surface area contributed by atoms with E-state index < -0.39 is 15.1 Å². The first-order valence-electron chi connectivity index (χ1n) is 5.34. The zero-order valence-electron chi connectivity index (χ0n) is 10.2. The molecule has 0 fully saturated rings. The normalized spacial score (nSPS) is 13.4. The zero-order chi connectivity index (χ0) is 14.2. The van der Waals surface area contributed by atoms with E-state index in [4.69, 9.17) is 4.52 Å². The molecule has 19 heavy (non-hydrogen) atoms. The molecule has 0 saturated carbocycles. The number of aromatic nitrogens is 2. The van der Waals surface area contributed by atoms with Gasteiger partial charge in [-0.25, -0.2) is 8.42 Å². The molecule has 2 rings (SSSR count). The lowest BCUT2D eigenvalue weighted by molar-refractivity contribution is 0.415. The minimum atomic E-state index is -3.34. The molecule has 1 aromatic heterocycles. The molecule has 102 valence electrons. The molecular formula is C11H12N2O5S. The van der Waals surface area contributed by atoms with Crippen LogP contribution in [0.25, 0.3) is 11.5 Å². The van der Waals surface area contributed by atoms with E-state index >= 15 is 0 Å². The number of phenols is 2. The smallest absolute Gasteiger partial charge is 0.261 e. The largest absolute Gasteiger partial charge is 0.508 e. The van der Waals surface area contributed by atoms with Crippen molar-refractivity contribution in [3.63, 3.8) is 0 Å². The average molecular weight is 284 g/mol. The second-order valence-electron chi connectivity index (χ2n) is 4.13. The molecule has 1 unspecified atom stereocenters. The van der Waals surface area contributed by atoms with Crippen LogP contribution in [0.5, 0.6) is 11.5 Å². The summed E-state index contributed by atoms with van der Waals surface area (Å²) in [5.41, 5.74) is 0.138. The van der Waals surface area contributed by atoms with Crippen LogP contribution in [0.1, 0.15) is 18.0 Å². The maximum absolute atomic E-state index is 11.4. The van der Waals surface area contributed by atoms with Crippen LogP contribution in [0.2, 0.25) is 0 Å². The summed E-state index contributed by atoms with van der Waals surface area (Å²) in [6.07, 6.45) is 1.07. The van der Waals surface area contributed by atoms with E-state index in [0.29, 0.717) is 0 Å². The lowest BCUT2D eigenvalue weighted by Gasteiger charge is -2.02. The van der Waals surface area contributed by atoms with Crippen molar-refractivity contribution in [3.8, 4) is 23.0 Å². The van der Waals surface area contributed by atoms with Gasteiger partial charge in [0.15, 0.2) is 15.7 Å². The summed E-state index contributed by atoms with van der Waals surface area (Å²) < 4.78 is 27.7. The van der Waals surface area contributed by atoms with E-state index in [0.717, 1.165) is 6.26 Å². The second-order valence-corrected chi connectivity index (χ2v) is 6.50. The Morgan fingerprint density at radius 3 is 2.63 bits per heavy atom. The highest BCUT2D eigenvalue weighted by Crippen LogP contribution is 2.32. The molecule has 8 heteroatoms. The van der Waals surface area contributed by atoms with E-state index in [2.05, 4.69) is 10.1 Å². The standard InChI is InChI=1S/C11H12N2O5S/c1-6(19(2,16)17)10-12-11(18-13-10)8-5-7(14)3-4-9(8)15/h3-6,14-15H,1-2H3. The Kier molecular flexibility index (Phi) is 3.19. The van der Waals surface area contributed by atoms with Crippen LogP contribution in [0.3, 0.4) is 0 Å². The maximum Gasteiger partial charge on any atom is 0.261 e. The van der Waals surface area contributed by atoms with Gasteiger partial charge in [-0.05, 0) is 25.1 Å². The Labute approximate surface area is 109 Å². The molecule has 0 spiro atoms. The predicted molar refractivity (Wildman–Crippen MR) is 66.3 cm³/mol. The van der Waals surface area contributed by atoms with Crippen LogP contribution in [0.4, 0.5) is 0 Å². The summed E-state index contributed by atoms with van der Waals surface area (Å²) in [7, 11) is -3.34. The molecule has 2 N–H and O–H groups in total. The van der Waals surface area contributed by atoms with Crippen LogP contribution in [-0.4, -0.2) is 35.0 Å². The van der Waals surface area contributed by atoms with Gasteiger partial charge in [0.25, 0.3) is 5.89 Å². The van der Waals surface area contributed by atoms with E-state index in [9.17, 15) is 18.6 Å². The van der Waals surface area contributed by atoms with Crippen molar-refractivity contribution in [2.24, 2.45) is 0 Å². The summed E-state index contributed by atoms with van der Waals surface area (Å²) in [5.74, 6) is -0.289. The monoisotopic (exact) mass is 284 g/mol. The first-order chi connectivity index (χ1) is 8.79. The molecule has 7 nitrogen and oxygen atoms in total. The van der Waals surface area contributed by atoms with Crippen molar-refractivity contribution in [3.05, 3.63) is 24.0 Å². The van der Waals surface area contributed by atoms with Gasteiger partial charge in [-0.3, -0.25) is 0 Å². The molecule has 2 aromatic rings. The molecule has 0 aliphatic heterocycles. The van der Waals surface area contributed by atoms with Crippen molar-refractivity contribution in [2.75, 3.05) is 6.26 Å². The second kappa shape index (κ2) is 4.54. The van der Waals surface area contributed by atoms with Gasteiger partial charge in [0.2, 0.25) is 0 Å². The number of sulfone groups is 1. The Hall–Kier alpha value is -2.09. The SMILES string of the molecule is CC(c1noc(-c2cc(O)ccc2O)n1)S(C)(=O)=O. The number of phenolic OH excluding ortho intramolecular Hbond substituents is 2. The Bertz CT molecular complexity index is 708. The number of hydrogen-bond donors (Lipinski definition) is 2. The average Bonchev–Trinajstić information content (AvgIpc) is 2.79. The van der Waals surface area contributed by atoms with E-state index in [1.165, 1.54) is 25.1 Å². The molecular weight excluding hydrogens is 272 g/mol. The van der Waals surface area contributed by atoms with Gasteiger partial charge < -0.3 is 14.7 Å². The summed E-state index contributed by atoms with van der Waals surface area (Å²) >= 11 is 0. The molecule has 0 amide bonds. The molecule has 0 radical (unpaired) electrons. The van der Waals surface area contributed by atoms with Crippen molar-refractivity contribution in [1.29, 1.82) is 0 Å². The minimum Gasteiger partial charge on any atom is -0.508 e. The van der Waals surface area contributed by atoms with Crippen LogP contribution in [0, 0.1) is 0 Å². The lowest BCUT2D eigenvalue weighted by atomic mass is 10.2. The molecule has 0 aliphatic rings. The third kappa shape index (κ3) is 2.68. The fraction of sp³-hybridized carbons (Fsp3) is 0.273. The molecule has 0 saturated heterocycles. The van der Waals surface area contributed by atoms with E-state index in [1.807, 2.05) is 0 Å². The number of rotatable bonds is 3. The Morgan fingerprint density at radius 1 is 1.32 bits per heavy atom. The molecule has 0 aliphatic carbocycles. The highest BCUT2D eigenvalue weighted by molar-refractivity contribution is 7.90. The summed E-state index contributed by atoms with van der Waals surface area (Å²) in [5, 5.41) is 21.6. The third-order valence-electron chi connectivity index (χ3n) is 2.66. The summed E-state index contributed by atoms with van der Waals surface area (Å²) in [4.78, 5) is 3.92.